The minimum Gasteiger partial charge on any atom is -0.756 e. The summed E-state index contributed by atoms with van der Waals surface area (Å²) in [5, 5.41) is 3.00. The number of allylic oxidation sites excluding steroid dienone is 11. The molecule has 394 valence electrons. The second-order valence-corrected chi connectivity index (χ2v) is 21.1. The van der Waals surface area contributed by atoms with E-state index in [9.17, 15) is 19.0 Å². The Kier molecular flexibility index (Phi) is 46.3. The summed E-state index contributed by atoms with van der Waals surface area (Å²) < 4.78 is 30.2. The van der Waals surface area contributed by atoms with Gasteiger partial charge in [-0.2, -0.15) is 0 Å². The van der Waals surface area contributed by atoms with Crippen LogP contribution in [0.2, 0.25) is 0 Å². The van der Waals surface area contributed by atoms with Crippen LogP contribution in [0.3, 0.4) is 0 Å². The number of hydrogen-bond donors (Lipinski definition) is 1. The number of carbonyl (C=O) groups is 2. The van der Waals surface area contributed by atoms with Crippen molar-refractivity contribution in [1.29, 1.82) is 0 Å². The van der Waals surface area contributed by atoms with E-state index in [2.05, 4.69) is 86.8 Å². The number of quaternary nitrogens is 1. The molecule has 0 heterocycles. The summed E-state index contributed by atoms with van der Waals surface area (Å²) >= 11 is 0. The molecule has 0 aliphatic rings. The van der Waals surface area contributed by atoms with Gasteiger partial charge in [0.15, 0.2) is 0 Å². The number of esters is 1. The lowest BCUT2D eigenvalue weighted by Gasteiger charge is -2.30. The molecule has 0 aliphatic heterocycles. The number of ether oxygens (including phenoxy) is 1. The Morgan fingerprint density at radius 1 is 0.544 bits per heavy atom. The number of likely N-dealkylation sites (N-methyl/N-ethyl adjacent to an activating group) is 1. The lowest BCUT2D eigenvalue weighted by atomic mass is 10.0. The maximum absolute atomic E-state index is 13.5. The van der Waals surface area contributed by atoms with Gasteiger partial charge in [0.25, 0.3) is 7.82 Å². The van der Waals surface area contributed by atoms with Gasteiger partial charge in [-0.05, 0) is 89.5 Å². The van der Waals surface area contributed by atoms with E-state index >= 15 is 0 Å². The van der Waals surface area contributed by atoms with E-state index < -0.39 is 26.6 Å². The predicted molar refractivity (Wildman–Crippen MR) is 288 cm³/mol. The molecule has 9 nitrogen and oxygen atoms in total. The summed E-state index contributed by atoms with van der Waals surface area (Å²) in [5.74, 6) is -0.583. The second kappa shape index (κ2) is 48.1. The third-order valence-corrected chi connectivity index (χ3v) is 12.9. The number of rotatable bonds is 49. The first-order chi connectivity index (χ1) is 32.9. The lowest BCUT2D eigenvalue weighted by Crippen LogP contribution is -2.47. The van der Waals surface area contributed by atoms with Gasteiger partial charge >= 0.3 is 5.97 Å². The Hall–Kier alpha value is -2.55. The molecule has 0 aliphatic carbocycles. The molecule has 10 heteroatoms. The first-order valence-electron chi connectivity index (χ1n) is 27.8. The Balaban J connectivity index is 5.46. The highest BCUT2D eigenvalue weighted by Crippen LogP contribution is 2.38. The molecule has 1 amide bonds. The monoisotopic (exact) mass is 973 g/mol. The van der Waals surface area contributed by atoms with Crippen LogP contribution in [0, 0.1) is 0 Å². The molecule has 3 atom stereocenters. The Morgan fingerprint density at radius 3 is 1.53 bits per heavy atom. The number of carbonyl (C=O) groups excluding carboxylic acids is 2. The molecule has 0 aromatic rings. The zero-order valence-electron chi connectivity index (χ0n) is 44.8. The second-order valence-electron chi connectivity index (χ2n) is 19.7. The van der Waals surface area contributed by atoms with E-state index in [4.69, 9.17) is 13.8 Å². The minimum absolute atomic E-state index is 0.0311. The maximum Gasteiger partial charge on any atom is 0.306 e. The Bertz CT molecular complexity index is 1400. The minimum atomic E-state index is -4.70. The van der Waals surface area contributed by atoms with Crippen LogP contribution in [0.5, 0.6) is 0 Å². The fraction of sp³-hybridized carbons (Fsp3) is 0.759. The zero-order valence-corrected chi connectivity index (χ0v) is 45.7. The van der Waals surface area contributed by atoms with Crippen molar-refractivity contribution >= 4 is 19.7 Å². The molecule has 0 saturated heterocycles. The van der Waals surface area contributed by atoms with Crippen molar-refractivity contribution in [2.75, 3.05) is 40.9 Å². The molecular weight excluding hydrogens is 868 g/mol. The van der Waals surface area contributed by atoms with Gasteiger partial charge < -0.3 is 28.5 Å². The van der Waals surface area contributed by atoms with Gasteiger partial charge in [0.05, 0.1) is 33.8 Å². The van der Waals surface area contributed by atoms with Crippen molar-refractivity contribution in [3.05, 3.63) is 72.9 Å². The van der Waals surface area contributed by atoms with E-state index in [1.807, 2.05) is 33.3 Å². The molecule has 0 aromatic heterocycles. The van der Waals surface area contributed by atoms with Crippen molar-refractivity contribution in [2.24, 2.45) is 0 Å². The molecule has 0 aromatic carbocycles. The molecule has 0 bridgehead atoms. The summed E-state index contributed by atoms with van der Waals surface area (Å²) in [7, 11) is 1.15. The number of nitrogens with one attached hydrogen (secondary N) is 1. The highest BCUT2D eigenvalue weighted by atomic mass is 31.2. The SMILES string of the molecule is CC/C=C/C/C=C/C/C=C/CCCCCCC(=O)OC(/C=C/CCCCCCCCCCCCC)C(COP(=O)([O-])OCC[N+](C)(C)C)NC(=O)CCCCCCCC/C=C/C=C/CCCCC. The van der Waals surface area contributed by atoms with Crippen molar-refractivity contribution in [2.45, 2.75) is 245 Å². The van der Waals surface area contributed by atoms with Crippen molar-refractivity contribution in [1.82, 2.24) is 5.32 Å². The molecule has 68 heavy (non-hydrogen) atoms. The van der Waals surface area contributed by atoms with E-state index in [-0.39, 0.29) is 24.9 Å². The highest BCUT2D eigenvalue weighted by molar-refractivity contribution is 7.45. The molecular formula is C58H105N2O7P. The zero-order chi connectivity index (χ0) is 50.1. The molecule has 0 rings (SSSR count). The average molecular weight is 973 g/mol. The number of unbranched alkanes of at least 4 members (excludes halogenated alkanes) is 24. The van der Waals surface area contributed by atoms with Crippen LogP contribution in [-0.2, 0) is 27.9 Å². The van der Waals surface area contributed by atoms with Gasteiger partial charge in [-0.3, -0.25) is 14.2 Å². The van der Waals surface area contributed by atoms with Gasteiger partial charge in [0.2, 0.25) is 5.91 Å². The number of nitrogens with zero attached hydrogens (tertiary/aromatic N) is 1. The summed E-state index contributed by atoms with van der Waals surface area (Å²) in [4.78, 5) is 39.8. The highest BCUT2D eigenvalue weighted by Gasteiger charge is 2.27. The fourth-order valence-electron chi connectivity index (χ4n) is 7.58. The smallest absolute Gasteiger partial charge is 0.306 e. The first-order valence-corrected chi connectivity index (χ1v) is 29.2. The molecule has 0 spiro atoms. The molecule has 3 unspecified atom stereocenters. The summed E-state index contributed by atoms with van der Waals surface area (Å²) in [6.45, 7) is 6.66. The van der Waals surface area contributed by atoms with Crippen LogP contribution >= 0.6 is 7.82 Å². The number of hydrogen-bond acceptors (Lipinski definition) is 7. The molecule has 0 radical (unpaired) electrons. The molecule has 1 N–H and O–H groups in total. The van der Waals surface area contributed by atoms with Gasteiger partial charge in [-0.1, -0.05) is 203 Å². The van der Waals surface area contributed by atoms with Crippen LogP contribution in [0.4, 0.5) is 0 Å². The van der Waals surface area contributed by atoms with Crippen LogP contribution in [0.15, 0.2) is 72.9 Å². The summed E-state index contributed by atoms with van der Waals surface area (Å²) in [6.07, 6.45) is 60.0. The van der Waals surface area contributed by atoms with Crippen molar-refractivity contribution in [3.63, 3.8) is 0 Å². The van der Waals surface area contributed by atoms with Crippen LogP contribution < -0.4 is 10.2 Å². The number of phosphoric ester groups is 1. The molecule has 0 fully saturated rings. The van der Waals surface area contributed by atoms with Crippen LogP contribution in [-0.4, -0.2) is 69.4 Å². The number of amides is 1. The van der Waals surface area contributed by atoms with Gasteiger partial charge in [-0.15, -0.1) is 0 Å². The lowest BCUT2D eigenvalue weighted by molar-refractivity contribution is -0.870. The van der Waals surface area contributed by atoms with Crippen LogP contribution in [0.25, 0.3) is 0 Å². The van der Waals surface area contributed by atoms with Crippen molar-refractivity contribution < 1.29 is 37.3 Å². The third kappa shape index (κ3) is 48.5. The summed E-state index contributed by atoms with van der Waals surface area (Å²) in [6, 6.07) is -0.905. The van der Waals surface area contributed by atoms with E-state index in [1.165, 1.54) is 77.0 Å². The fourth-order valence-corrected chi connectivity index (χ4v) is 8.31. The predicted octanol–water partition coefficient (Wildman–Crippen LogP) is 15.9. The van der Waals surface area contributed by atoms with E-state index in [0.29, 0.717) is 23.9 Å². The normalized spacial score (nSPS) is 14.4. The van der Waals surface area contributed by atoms with Gasteiger partial charge in [0.1, 0.15) is 19.3 Å². The summed E-state index contributed by atoms with van der Waals surface area (Å²) in [5.41, 5.74) is 0. The Labute approximate surface area is 419 Å². The van der Waals surface area contributed by atoms with E-state index in [1.54, 1.807) is 0 Å². The maximum atomic E-state index is 13.5. The van der Waals surface area contributed by atoms with Crippen molar-refractivity contribution in [3.8, 4) is 0 Å². The number of phosphoric acid groups is 1. The van der Waals surface area contributed by atoms with Gasteiger partial charge in [0, 0.05) is 12.8 Å². The quantitative estimate of drug-likeness (QED) is 0.0161. The van der Waals surface area contributed by atoms with Gasteiger partial charge in [-0.25, -0.2) is 0 Å². The standard InChI is InChI=1S/C58H105N2O7P/c1-7-10-13-16-19-22-25-28-30-32-35-38-41-44-47-50-57(61)59-55(54-66-68(63,64)65-53-52-60(4,5)6)56(49-46-43-40-37-34-31-27-24-21-18-15-12-9-3)67-58(62)51-48-45-42-39-36-33-29-26-23-20-17-14-11-8-2/h11,14,19-20,22-23,25,28-29,33,46,49,55-56H,7-10,12-13,15-18,21,24,26-27,30-32,34-45,47-48,50-54H2,1-6H3,(H-,59,61,63,64)/b14-11+,22-19+,23-20+,28-25+,33-29+,49-46+. The van der Waals surface area contributed by atoms with E-state index in [0.717, 1.165) is 116 Å². The third-order valence-electron chi connectivity index (χ3n) is 11.9. The topological polar surface area (TPSA) is 114 Å². The Morgan fingerprint density at radius 2 is 0.985 bits per heavy atom. The van der Waals surface area contributed by atoms with Crippen LogP contribution in [0.1, 0.15) is 233 Å². The largest absolute Gasteiger partial charge is 0.756 e. The average Bonchev–Trinajstić information content (AvgIpc) is 3.29. The molecule has 0 saturated carbocycles. The first kappa shape index (κ1) is 65.5.